The average Bonchev–Trinajstić information content (AvgIpc) is 2.82. The van der Waals surface area contributed by atoms with Crippen molar-refractivity contribution in [2.75, 3.05) is 13.1 Å². The fourth-order valence-corrected chi connectivity index (χ4v) is 4.38. The van der Waals surface area contributed by atoms with Gasteiger partial charge in [0.25, 0.3) is 5.56 Å². The smallest absolute Gasteiger partial charge is 0.410 e. The molecule has 1 aliphatic heterocycles. The van der Waals surface area contributed by atoms with Gasteiger partial charge < -0.3 is 14.4 Å². The summed E-state index contributed by atoms with van der Waals surface area (Å²) < 4.78 is 12.8. The molecule has 0 atom stereocenters. The Bertz CT molecular complexity index is 1590. The van der Waals surface area contributed by atoms with Gasteiger partial charge in [0.05, 0.1) is 29.9 Å². The molecule has 1 amide bonds. The molecule has 38 heavy (non-hydrogen) atoms. The zero-order valence-corrected chi connectivity index (χ0v) is 22.7. The van der Waals surface area contributed by atoms with Crippen molar-refractivity contribution in [2.45, 2.75) is 46.3 Å². The average molecular weight is 533 g/mol. The predicted molar refractivity (Wildman–Crippen MR) is 147 cm³/mol. The molecule has 0 radical (unpaired) electrons. The number of carbonyl (C=O) groups is 1. The van der Waals surface area contributed by atoms with Crippen LogP contribution in [0.25, 0.3) is 27.7 Å². The summed E-state index contributed by atoms with van der Waals surface area (Å²) in [6.45, 7) is 10.3. The second kappa shape index (κ2) is 9.76. The molecule has 2 aromatic heterocycles. The van der Waals surface area contributed by atoms with Crippen LogP contribution in [0.3, 0.4) is 0 Å². The van der Waals surface area contributed by atoms with Crippen LogP contribution in [0.2, 0.25) is 5.02 Å². The van der Waals surface area contributed by atoms with Gasteiger partial charge >= 0.3 is 6.09 Å². The summed E-state index contributed by atoms with van der Waals surface area (Å²) >= 11 is 6.12. The molecule has 0 unspecified atom stereocenters. The Hall–Kier alpha value is -3.91. The van der Waals surface area contributed by atoms with Gasteiger partial charge in [-0.25, -0.2) is 9.78 Å². The number of carbonyl (C=O) groups excluding carboxylic acids is 1. The van der Waals surface area contributed by atoms with E-state index in [0.29, 0.717) is 40.8 Å². The molecule has 0 spiro atoms. The van der Waals surface area contributed by atoms with Gasteiger partial charge in [0.1, 0.15) is 11.7 Å². The lowest BCUT2D eigenvalue weighted by molar-refractivity contribution is -0.0232. The fraction of sp³-hybridized carbons (Fsp3) is 0.310. The summed E-state index contributed by atoms with van der Waals surface area (Å²) in [4.78, 5) is 31.7. The lowest BCUT2D eigenvalue weighted by Crippen LogP contribution is -2.57. The Morgan fingerprint density at radius 2 is 1.66 bits per heavy atom. The fourth-order valence-electron chi connectivity index (χ4n) is 4.25. The van der Waals surface area contributed by atoms with Crippen LogP contribution < -0.4 is 10.3 Å². The number of aryl methyl sites for hydroxylation is 2. The number of fused-ring (bicyclic) bond motifs is 1. The Labute approximate surface area is 225 Å². The third kappa shape index (κ3) is 5.22. The summed E-state index contributed by atoms with van der Waals surface area (Å²) in [5.41, 5.74) is 3.35. The first-order valence-corrected chi connectivity index (χ1v) is 12.8. The zero-order chi connectivity index (χ0) is 27.2. The van der Waals surface area contributed by atoms with E-state index in [9.17, 15) is 9.59 Å². The monoisotopic (exact) mass is 532 g/mol. The van der Waals surface area contributed by atoms with Gasteiger partial charge in [0.15, 0.2) is 0 Å². The summed E-state index contributed by atoms with van der Waals surface area (Å²) in [5, 5.41) is 6.74. The van der Waals surface area contributed by atoms with Gasteiger partial charge in [-0.15, -0.1) is 0 Å². The van der Waals surface area contributed by atoms with E-state index in [1.807, 2.05) is 58.9 Å². The minimum Gasteiger partial charge on any atom is -0.470 e. The third-order valence-electron chi connectivity index (χ3n) is 6.38. The van der Waals surface area contributed by atoms with E-state index in [1.165, 1.54) is 4.68 Å². The van der Waals surface area contributed by atoms with Crippen LogP contribution in [0.15, 0.2) is 59.5 Å². The largest absolute Gasteiger partial charge is 0.470 e. The minimum atomic E-state index is -0.554. The van der Waals surface area contributed by atoms with Crippen LogP contribution >= 0.6 is 11.6 Å². The number of likely N-dealkylation sites (tertiary alicyclic amines) is 1. The molecule has 2 aromatic carbocycles. The van der Waals surface area contributed by atoms with Crippen molar-refractivity contribution in [3.8, 4) is 22.8 Å². The van der Waals surface area contributed by atoms with Crippen molar-refractivity contribution in [3.63, 3.8) is 0 Å². The molecule has 0 bridgehead atoms. The molecule has 0 aliphatic carbocycles. The van der Waals surface area contributed by atoms with Gasteiger partial charge in [-0.1, -0.05) is 23.7 Å². The van der Waals surface area contributed by atoms with Gasteiger partial charge in [0.2, 0.25) is 5.88 Å². The quantitative estimate of drug-likeness (QED) is 0.334. The highest BCUT2D eigenvalue weighted by molar-refractivity contribution is 6.30. The molecule has 5 rings (SSSR count). The molecule has 196 valence electrons. The van der Waals surface area contributed by atoms with Crippen molar-refractivity contribution in [3.05, 3.63) is 81.2 Å². The number of pyridine rings is 1. The molecule has 3 heterocycles. The first-order valence-electron chi connectivity index (χ1n) is 12.4. The summed E-state index contributed by atoms with van der Waals surface area (Å²) in [6.07, 6.45) is 0.989. The Morgan fingerprint density at radius 3 is 2.32 bits per heavy atom. The standard InChI is InChI=1S/C29H29ClN4O4/c1-17-12-23-24(13-18(17)2)27(35)34(32-26(23)19-6-8-20(30)9-7-19)21-10-11-31-25(14-21)37-22-15-33(16-22)28(36)38-29(3,4)5/h6-14,22H,15-16H2,1-5H3. The number of benzene rings is 2. The predicted octanol–water partition coefficient (Wildman–Crippen LogP) is 5.72. The molecule has 1 saturated heterocycles. The first-order chi connectivity index (χ1) is 18.0. The number of halogens is 1. The summed E-state index contributed by atoms with van der Waals surface area (Å²) in [7, 11) is 0. The van der Waals surface area contributed by atoms with Gasteiger partial charge in [-0.05, 0) is 76.1 Å². The molecular weight excluding hydrogens is 504 g/mol. The maximum Gasteiger partial charge on any atom is 0.410 e. The number of amides is 1. The molecule has 1 aliphatic rings. The highest BCUT2D eigenvalue weighted by Gasteiger charge is 2.35. The molecule has 1 fully saturated rings. The van der Waals surface area contributed by atoms with Crippen LogP contribution in [0.4, 0.5) is 4.79 Å². The molecule has 9 heteroatoms. The van der Waals surface area contributed by atoms with E-state index in [4.69, 9.17) is 26.2 Å². The molecule has 8 nitrogen and oxygen atoms in total. The van der Waals surface area contributed by atoms with Crippen LogP contribution in [0.1, 0.15) is 31.9 Å². The van der Waals surface area contributed by atoms with Crippen LogP contribution in [0, 0.1) is 13.8 Å². The van der Waals surface area contributed by atoms with Crippen LogP contribution in [-0.2, 0) is 4.74 Å². The number of aromatic nitrogens is 3. The number of nitrogens with zero attached hydrogens (tertiary/aromatic N) is 4. The van der Waals surface area contributed by atoms with Gasteiger partial charge in [0, 0.05) is 28.2 Å². The van der Waals surface area contributed by atoms with E-state index >= 15 is 0 Å². The van der Waals surface area contributed by atoms with Crippen molar-refractivity contribution < 1.29 is 14.3 Å². The number of ether oxygens (including phenoxy) is 2. The highest BCUT2D eigenvalue weighted by Crippen LogP contribution is 2.29. The molecule has 0 saturated carbocycles. The van der Waals surface area contributed by atoms with Crippen molar-refractivity contribution in [2.24, 2.45) is 0 Å². The number of hydrogen-bond donors (Lipinski definition) is 0. The topological polar surface area (TPSA) is 86.6 Å². The van der Waals surface area contributed by atoms with Crippen molar-refractivity contribution in [1.82, 2.24) is 19.7 Å². The Morgan fingerprint density at radius 1 is 1.00 bits per heavy atom. The lowest BCUT2D eigenvalue weighted by Gasteiger charge is -2.39. The second-order valence-corrected chi connectivity index (χ2v) is 11.0. The van der Waals surface area contributed by atoms with E-state index in [-0.39, 0.29) is 17.8 Å². The zero-order valence-electron chi connectivity index (χ0n) is 22.0. The van der Waals surface area contributed by atoms with Crippen LogP contribution in [0.5, 0.6) is 5.88 Å². The van der Waals surface area contributed by atoms with Gasteiger partial charge in [-0.3, -0.25) is 4.79 Å². The Balaban J connectivity index is 1.47. The van der Waals surface area contributed by atoms with E-state index in [1.54, 1.807) is 35.4 Å². The second-order valence-electron chi connectivity index (χ2n) is 10.5. The molecule has 0 N–H and O–H groups in total. The highest BCUT2D eigenvalue weighted by atomic mass is 35.5. The summed E-state index contributed by atoms with van der Waals surface area (Å²) in [6, 6.07) is 14.7. The van der Waals surface area contributed by atoms with Gasteiger partial charge in [-0.2, -0.15) is 9.78 Å². The Kier molecular flexibility index (Phi) is 6.61. The van der Waals surface area contributed by atoms with E-state index in [0.717, 1.165) is 22.1 Å². The number of hydrogen-bond acceptors (Lipinski definition) is 6. The minimum absolute atomic E-state index is 0.221. The maximum atomic E-state index is 13.6. The lowest BCUT2D eigenvalue weighted by atomic mass is 10.00. The number of rotatable bonds is 4. The van der Waals surface area contributed by atoms with E-state index in [2.05, 4.69) is 4.98 Å². The van der Waals surface area contributed by atoms with Crippen LogP contribution in [-0.4, -0.2) is 50.6 Å². The van der Waals surface area contributed by atoms with Crippen molar-refractivity contribution >= 4 is 28.5 Å². The first kappa shape index (κ1) is 25.7. The SMILES string of the molecule is Cc1cc2c(-c3ccc(Cl)cc3)nn(-c3ccnc(OC4CN(C(=O)OC(C)(C)C)C4)c3)c(=O)c2cc1C. The molecule has 4 aromatic rings. The summed E-state index contributed by atoms with van der Waals surface area (Å²) in [5.74, 6) is 0.346. The molecular formula is C29H29ClN4O4. The van der Waals surface area contributed by atoms with E-state index < -0.39 is 5.60 Å². The maximum absolute atomic E-state index is 13.6. The van der Waals surface area contributed by atoms with Crippen molar-refractivity contribution in [1.29, 1.82) is 0 Å². The normalized spacial score (nSPS) is 13.9. The third-order valence-corrected chi connectivity index (χ3v) is 6.63.